The first-order chi connectivity index (χ1) is 24.9. The van der Waals surface area contributed by atoms with Crippen molar-refractivity contribution in [2.45, 2.75) is 51.9 Å². The Morgan fingerprint density at radius 3 is 2.02 bits per heavy atom. The number of primary amides is 1. The highest BCUT2D eigenvalue weighted by molar-refractivity contribution is 6.23. The van der Waals surface area contributed by atoms with Crippen LogP contribution in [0.3, 0.4) is 0 Å². The molecule has 0 saturated heterocycles. The summed E-state index contributed by atoms with van der Waals surface area (Å²) in [6.45, 7) is 3.92. The molecule has 52 heavy (non-hydrogen) atoms. The fraction of sp³-hybridized carbons (Fsp3) is 0.308. The number of likely N-dealkylation sites (N-methyl/N-ethyl adjacent to an activating group) is 1. The van der Waals surface area contributed by atoms with Crippen LogP contribution in [0, 0.1) is 5.92 Å². The SMILES string of the molecule is CC(C)[C@H](N)C(=O)N[C@@H](CCCNC(N)=O)C(=O)Nc1ccc(COC(=O)N(C)CC(=O)NCc2cc3ccc4cccc5ccc(c2)c3c45)cc1. The molecule has 5 aromatic rings. The number of hydrogen-bond donors (Lipinski definition) is 6. The number of carbonyl (C=O) groups excluding carboxylic acids is 5. The van der Waals surface area contributed by atoms with E-state index in [4.69, 9.17) is 16.2 Å². The van der Waals surface area contributed by atoms with Gasteiger partial charge in [0.15, 0.2) is 0 Å². The van der Waals surface area contributed by atoms with E-state index in [0.717, 1.165) is 16.3 Å². The van der Waals surface area contributed by atoms with Gasteiger partial charge in [-0.2, -0.15) is 0 Å². The number of hydrogen-bond acceptors (Lipinski definition) is 7. The highest BCUT2D eigenvalue weighted by Gasteiger charge is 2.25. The Morgan fingerprint density at radius 2 is 1.40 bits per heavy atom. The number of nitrogens with zero attached hydrogens (tertiary/aromatic N) is 1. The Hall–Kier alpha value is -5.95. The summed E-state index contributed by atoms with van der Waals surface area (Å²) >= 11 is 0. The molecule has 0 saturated carbocycles. The van der Waals surface area contributed by atoms with Crippen molar-refractivity contribution in [2.75, 3.05) is 25.5 Å². The molecule has 6 amide bonds. The first-order valence-electron chi connectivity index (χ1n) is 17.2. The summed E-state index contributed by atoms with van der Waals surface area (Å²) < 4.78 is 5.40. The summed E-state index contributed by atoms with van der Waals surface area (Å²) in [6, 6.07) is 23.1. The van der Waals surface area contributed by atoms with E-state index in [9.17, 15) is 24.0 Å². The van der Waals surface area contributed by atoms with Gasteiger partial charge >= 0.3 is 12.1 Å². The number of nitrogens with one attached hydrogen (secondary N) is 4. The molecule has 0 heterocycles. The summed E-state index contributed by atoms with van der Waals surface area (Å²) in [5, 5.41) is 17.9. The lowest BCUT2D eigenvalue weighted by molar-refractivity contribution is -0.128. The zero-order valence-electron chi connectivity index (χ0n) is 29.5. The van der Waals surface area contributed by atoms with Crippen LogP contribution in [0.15, 0.2) is 78.9 Å². The topological polar surface area (TPSA) is 198 Å². The normalized spacial score (nSPS) is 12.4. The molecular formula is C39H45N7O6. The lowest BCUT2D eigenvalue weighted by Crippen LogP contribution is -2.51. The van der Waals surface area contributed by atoms with Gasteiger partial charge in [0.25, 0.3) is 0 Å². The summed E-state index contributed by atoms with van der Waals surface area (Å²) in [5.74, 6) is -1.37. The molecule has 13 nitrogen and oxygen atoms in total. The Kier molecular flexibility index (Phi) is 12.1. The number of carbonyl (C=O) groups is 5. The van der Waals surface area contributed by atoms with E-state index in [-0.39, 0.29) is 37.9 Å². The van der Waals surface area contributed by atoms with Crippen molar-refractivity contribution in [3.05, 3.63) is 90.0 Å². The average molecular weight is 708 g/mol. The van der Waals surface area contributed by atoms with Gasteiger partial charge in [-0.25, -0.2) is 9.59 Å². The third kappa shape index (κ3) is 9.43. The van der Waals surface area contributed by atoms with Gasteiger partial charge in [0, 0.05) is 25.8 Å². The van der Waals surface area contributed by atoms with Gasteiger partial charge in [-0.3, -0.25) is 14.4 Å². The zero-order chi connectivity index (χ0) is 37.4. The first-order valence-corrected chi connectivity index (χ1v) is 17.2. The number of amides is 6. The zero-order valence-corrected chi connectivity index (χ0v) is 29.5. The fourth-order valence-corrected chi connectivity index (χ4v) is 5.98. The van der Waals surface area contributed by atoms with Gasteiger partial charge in [0.2, 0.25) is 17.7 Å². The van der Waals surface area contributed by atoms with Gasteiger partial charge in [-0.05, 0) is 86.5 Å². The molecular weight excluding hydrogens is 662 g/mol. The van der Waals surface area contributed by atoms with Gasteiger partial charge in [-0.15, -0.1) is 0 Å². The average Bonchev–Trinajstić information content (AvgIpc) is 3.13. The number of urea groups is 1. The van der Waals surface area contributed by atoms with E-state index >= 15 is 0 Å². The molecule has 272 valence electrons. The van der Waals surface area contributed by atoms with Crippen molar-refractivity contribution < 1.29 is 28.7 Å². The maximum Gasteiger partial charge on any atom is 0.410 e. The van der Waals surface area contributed by atoms with Crippen molar-refractivity contribution >= 4 is 67.9 Å². The Morgan fingerprint density at radius 1 is 0.788 bits per heavy atom. The van der Waals surface area contributed by atoms with Crippen LogP contribution in [0.1, 0.15) is 37.8 Å². The predicted molar refractivity (Wildman–Crippen MR) is 201 cm³/mol. The second kappa shape index (κ2) is 16.8. The molecule has 0 aliphatic rings. The molecule has 0 unspecified atom stereocenters. The molecule has 0 aliphatic carbocycles. The number of rotatable bonds is 15. The van der Waals surface area contributed by atoms with Gasteiger partial charge < -0.3 is 42.4 Å². The van der Waals surface area contributed by atoms with E-state index in [0.29, 0.717) is 24.2 Å². The predicted octanol–water partition coefficient (Wildman–Crippen LogP) is 4.32. The maximum atomic E-state index is 13.1. The summed E-state index contributed by atoms with van der Waals surface area (Å²) in [5.41, 5.74) is 13.1. The van der Waals surface area contributed by atoms with Crippen LogP contribution in [-0.4, -0.2) is 67.0 Å². The number of benzene rings is 5. The minimum atomic E-state index is -0.901. The lowest BCUT2D eigenvalue weighted by Gasteiger charge is -2.22. The highest BCUT2D eigenvalue weighted by Crippen LogP contribution is 2.35. The smallest absolute Gasteiger partial charge is 0.410 e. The van der Waals surface area contributed by atoms with Crippen LogP contribution < -0.4 is 32.7 Å². The van der Waals surface area contributed by atoms with Crippen molar-refractivity contribution in [3.63, 3.8) is 0 Å². The molecule has 8 N–H and O–H groups in total. The third-order valence-corrected chi connectivity index (χ3v) is 8.91. The molecule has 5 rings (SSSR count). The molecule has 13 heteroatoms. The lowest BCUT2D eigenvalue weighted by atomic mass is 9.93. The third-order valence-electron chi connectivity index (χ3n) is 8.91. The largest absolute Gasteiger partial charge is 0.445 e. The number of anilines is 1. The summed E-state index contributed by atoms with van der Waals surface area (Å²) in [7, 11) is 1.49. The summed E-state index contributed by atoms with van der Waals surface area (Å²) in [6.07, 6.45) is -0.0394. The quantitative estimate of drug-likeness (QED) is 0.0688. The van der Waals surface area contributed by atoms with Crippen molar-refractivity contribution in [3.8, 4) is 0 Å². The van der Waals surface area contributed by atoms with Crippen LogP contribution in [0.4, 0.5) is 15.3 Å². The van der Waals surface area contributed by atoms with Crippen LogP contribution in [0.5, 0.6) is 0 Å². The van der Waals surface area contributed by atoms with Gasteiger partial charge in [0.1, 0.15) is 19.2 Å². The molecule has 0 spiro atoms. The molecule has 2 atom stereocenters. The standard InChI is InChI=1S/C39H45N7O6/c1-23(2)35(40)37(49)45-31(8-5-17-42-38(41)50)36(48)44-30-15-9-24(10-16-30)22-52-39(51)46(3)21-32(47)43-20-25-18-28-13-11-26-6-4-7-27-12-14-29(19-25)34(28)33(26)27/h4,6-7,9-16,18-19,23,31,35H,5,8,17,20-22,40H2,1-3H3,(H,43,47)(H,44,48)(H,45,49)(H3,41,42,50)/t31-,35-/m0/s1. The molecule has 0 aliphatic heterocycles. The van der Waals surface area contributed by atoms with Crippen molar-refractivity contribution in [2.24, 2.45) is 17.4 Å². The van der Waals surface area contributed by atoms with E-state index in [1.165, 1.54) is 33.5 Å². The Bertz CT molecular complexity index is 2000. The first kappa shape index (κ1) is 37.3. The molecule has 0 radical (unpaired) electrons. The molecule has 5 aromatic carbocycles. The maximum absolute atomic E-state index is 13.1. The minimum Gasteiger partial charge on any atom is -0.445 e. The van der Waals surface area contributed by atoms with E-state index in [2.05, 4.69) is 75.9 Å². The Labute approximate surface area is 301 Å². The molecule has 0 bridgehead atoms. The van der Waals surface area contributed by atoms with E-state index in [1.54, 1.807) is 38.1 Å². The van der Waals surface area contributed by atoms with Crippen LogP contribution in [0.25, 0.3) is 32.3 Å². The molecule has 0 aromatic heterocycles. The van der Waals surface area contributed by atoms with Crippen LogP contribution >= 0.6 is 0 Å². The highest BCUT2D eigenvalue weighted by atomic mass is 16.6. The second-order valence-electron chi connectivity index (χ2n) is 13.3. The Balaban J connectivity index is 1.09. The van der Waals surface area contributed by atoms with Crippen LogP contribution in [-0.2, 0) is 32.3 Å². The van der Waals surface area contributed by atoms with E-state index < -0.39 is 36.0 Å². The fourth-order valence-electron chi connectivity index (χ4n) is 5.98. The monoisotopic (exact) mass is 707 g/mol. The number of ether oxygens (including phenoxy) is 1. The van der Waals surface area contributed by atoms with Gasteiger partial charge in [-0.1, -0.05) is 68.4 Å². The van der Waals surface area contributed by atoms with E-state index in [1.807, 2.05) is 0 Å². The van der Waals surface area contributed by atoms with Crippen molar-refractivity contribution in [1.29, 1.82) is 0 Å². The van der Waals surface area contributed by atoms with Crippen LogP contribution in [0.2, 0.25) is 0 Å². The molecule has 0 fully saturated rings. The van der Waals surface area contributed by atoms with Crippen molar-refractivity contribution in [1.82, 2.24) is 20.9 Å². The van der Waals surface area contributed by atoms with Gasteiger partial charge in [0.05, 0.1) is 6.04 Å². The second-order valence-corrected chi connectivity index (χ2v) is 13.3. The minimum absolute atomic E-state index is 0.0541. The summed E-state index contributed by atoms with van der Waals surface area (Å²) in [4.78, 5) is 63.3. The number of nitrogens with two attached hydrogens (primary N) is 2.